The molecule has 7 nitrogen and oxygen atoms in total. The Morgan fingerprint density at radius 3 is 2.80 bits per heavy atom. The summed E-state index contributed by atoms with van der Waals surface area (Å²) < 4.78 is 1.56. The van der Waals surface area contributed by atoms with Crippen molar-refractivity contribution < 1.29 is 5.11 Å². The fraction of sp³-hybridized carbons (Fsp3) is 0.0769. The smallest absolute Gasteiger partial charge is 0.177 e. The van der Waals surface area contributed by atoms with E-state index in [1.807, 2.05) is 6.92 Å². The zero-order valence-electron chi connectivity index (χ0n) is 10.7. The zero-order valence-corrected chi connectivity index (χ0v) is 10.7. The summed E-state index contributed by atoms with van der Waals surface area (Å²) in [6.07, 6.45) is 1.52. The largest absolute Gasteiger partial charge is 0.508 e. The van der Waals surface area contributed by atoms with Crippen molar-refractivity contribution in [3.05, 3.63) is 48.3 Å². The van der Waals surface area contributed by atoms with Crippen molar-refractivity contribution in [2.75, 3.05) is 5.43 Å². The van der Waals surface area contributed by atoms with Gasteiger partial charge >= 0.3 is 0 Å². The molecule has 100 valence electrons. The zero-order chi connectivity index (χ0) is 13.9. The predicted molar refractivity (Wildman–Crippen MR) is 74.7 cm³/mol. The molecule has 0 fully saturated rings. The van der Waals surface area contributed by atoms with Crippen LogP contribution < -0.4 is 5.43 Å². The van der Waals surface area contributed by atoms with Crippen LogP contribution in [0.3, 0.4) is 0 Å². The standard InChI is InChI=1S/C13H12N6O/c1-9(10-2-4-11(20)5-3-10)15-16-12-6-7-13-17-14-8-19(13)18-12/h2-8,20H,1H3,(H,16,18)/b15-9-. The number of hydrogen-bond donors (Lipinski definition) is 2. The highest BCUT2D eigenvalue weighted by Gasteiger charge is 2.00. The SMILES string of the molecule is C/C(=N/Nc1ccc2nncn2n1)c1ccc(O)cc1. The van der Waals surface area contributed by atoms with Crippen LogP contribution in [-0.4, -0.2) is 30.6 Å². The summed E-state index contributed by atoms with van der Waals surface area (Å²) in [6.45, 7) is 1.87. The minimum absolute atomic E-state index is 0.231. The Labute approximate surface area is 114 Å². The van der Waals surface area contributed by atoms with E-state index in [4.69, 9.17) is 0 Å². The van der Waals surface area contributed by atoms with Crippen molar-refractivity contribution in [3.8, 4) is 5.75 Å². The monoisotopic (exact) mass is 268 g/mol. The van der Waals surface area contributed by atoms with Crippen molar-refractivity contribution in [2.24, 2.45) is 5.10 Å². The van der Waals surface area contributed by atoms with Crippen LogP contribution in [0.15, 0.2) is 47.8 Å². The molecule has 0 saturated carbocycles. The summed E-state index contributed by atoms with van der Waals surface area (Å²) in [5.74, 6) is 0.824. The molecule has 0 bridgehead atoms. The predicted octanol–water partition coefficient (Wildman–Crippen LogP) is 1.67. The maximum Gasteiger partial charge on any atom is 0.177 e. The lowest BCUT2D eigenvalue weighted by molar-refractivity contribution is 0.475. The number of nitrogens with one attached hydrogen (secondary N) is 1. The Kier molecular flexibility index (Phi) is 3.00. The van der Waals surface area contributed by atoms with Gasteiger partial charge in [-0.1, -0.05) is 0 Å². The Morgan fingerprint density at radius 1 is 1.20 bits per heavy atom. The molecule has 2 N–H and O–H groups in total. The van der Waals surface area contributed by atoms with Gasteiger partial charge in [-0.3, -0.25) is 5.43 Å². The molecule has 0 radical (unpaired) electrons. The van der Waals surface area contributed by atoms with E-state index in [0.29, 0.717) is 11.5 Å². The summed E-state index contributed by atoms with van der Waals surface area (Å²) >= 11 is 0. The molecular formula is C13H12N6O. The first-order valence-electron chi connectivity index (χ1n) is 5.99. The number of aromatic nitrogens is 4. The number of nitrogens with zero attached hydrogens (tertiary/aromatic N) is 5. The number of aromatic hydroxyl groups is 1. The lowest BCUT2D eigenvalue weighted by Crippen LogP contribution is -2.02. The minimum atomic E-state index is 0.231. The molecule has 1 aromatic carbocycles. The molecule has 0 amide bonds. The lowest BCUT2D eigenvalue weighted by atomic mass is 10.1. The Bertz CT molecular complexity index is 762. The second-order valence-corrected chi connectivity index (χ2v) is 4.21. The van der Waals surface area contributed by atoms with E-state index >= 15 is 0 Å². The molecule has 7 heteroatoms. The first-order chi connectivity index (χ1) is 9.72. The van der Waals surface area contributed by atoms with Gasteiger partial charge in [-0.2, -0.15) is 9.62 Å². The Hall–Kier alpha value is -2.96. The number of phenolic OH excluding ortho intramolecular Hbond substituents is 1. The van der Waals surface area contributed by atoms with Gasteiger partial charge in [0.2, 0.25) is 0 Å². The fourth-order valence-electron chi connectivity index (χ4n) is 1.70. The second kappa shape index (κ2) is 4.96. The van der Waals surface area contributed by atoms with Crippen molar-refractivity contribution in [1.82, 2.24) is 19.8 Å². The van der Waals surface area contributed by atoms with Gasteiger partial charge in [-0.15, -0.1) is 15.3 Å². The molecule has 2 heterocycles. The summed E-state index contributed by atoms with van der Waals surface area (Å²) in [5, 5.41) is 25.4. The van der Waals surface area contributed by atoms with Gasteiger partial charge in [0.05, 0.1) is 5.71 Å². The molecule has 3 aromatic rings. The molecule has 0 saturated heterocycles. The van der Waals surface area contributed by atoms with Crippen LogP contribution in [0.25, 0.3) is 5.65 Å². The molecule has 0 unspecified atom stereocenters. The quantitative estimate of drug-likeness (QED) is 0.557. The van der Waals surface area contributed by atoms with Crippen LogP contribution in [0, 0.1) is 0 Å². The van der Waals surface area contributed by atoms with Gasteiger partial charge < -0.3 is 5.11 Å². The first-order valence-corrected chi connectivity index (χ1v) is 5.99. The van der Waals surface area contributed by atoms with Crippen LogP contribution in [0.2, 0.25) is 0 Å². The van der Waals surface area contributed by atoms with Crippen molar-refractivity contribution in [2.45, 2.75) is 6.92 Å². The molecule has 20 heavy (non-hydrogen) atoms. The number of hydrazone groups is 1. The van der Waals surface area contributed by atoms with Gasteiger partial charge in [0, 0.05) is 0 Å². The summed E-state index contributed by atoms with van der Waals surface area (Å²) in [7, 11) is 0. The number of rotatable bonds is 3. The highest BCUT2D eigenvalue weighted by Crippen LogP contribution is 2.11. The first kappa shape index (κ1) is 12.1. The number of anilines is 1. The van der Waals surface area contributed by atoms with E-state index in [-0.39, 0.29) is 5.75 Å². The molecular weight excluding hydrogens is 256 g/mol. The number of hydrogen-bond acceptors (Lipinski definition) is 6. The molecule has 0 spiro atoms. The van der Waals surface area contributed by atoms with Crippen molar-refractivity contribution in [3.63, 3.8) is 0 Å². The fourth-order valence-corrected chi connectivity index (χ4v) is 1.70. The van der Waals surface area contributed by atoms with E-state index in [2.05, 4.69) is 25.8 Å². The van der Waals surface area contributed by atoms with E-state index in [0.717, 1.165) is 11.3 Å². The van der Waals surface area contributed by atoms with E-state index in [1.54, 1.807) is 40.9 Å². The number of phenols is 1. The third-order valence-corrected chi connectivity index (χ3v) is 2.78. The van der Waals surface area contributed by atoms with Gasteiger partial charge in [0.15, 0.2) is 11.5 Å². The average molecular weight is 268 g/mol. The molecule has 3 rings (SSSR count). The van der Waals surface area contributed by atoms with Crippen LogP contribution in [0.1, 0.15) is 12.5 Å². The van der Waals surface area contributed by atoms with Gasteiger partial charge in [-0.25, -0.2) is 0 Å². The van der Waals surface area contributed by atoms with E-state index < -0.39 is 0 Å². The van der Waals surface area contributed by atoms with Crippen LogP contribution >= 0.6 is 0 Å². The van der Waals surface area contributed by atoms with Crippen molar-refractivity contribution in [1.29, 1.82) is 0 Å². The summed E-state index contributed by atoms with van der Waals surface area (Å²) in [6, 6.07) is 10.4. The summed E-state index contributed by atoms with van der Waals surface area (Å²) in [5.41, 5.74) is 5.26. The topological polar surface area (TPSA) is 87.7 Å². The number of fused-ring (bicyclic) bond motifs is 1. The van der Waals surface area contributed by atoms with Gasteiger partial charge in [-0.05, 0) is 48.9 Å². The molecule has 0 atom stereocenters. The van der Waals surface area contributed by atoms with E-state index in [1.165, 1.54) is 6.33 Å². The number of benzene rings is 1. The molecule has 0 aliphatic carbocycles. The third-order valence-electron chi connectivity index (χ3n) is 2.78. The Morgan fingerprint density at radius 2 is 2.00 bits per heavy atom. The minimum Gasteiger partial charge on any atom is -0.508 e. The maximum absolute atomic E-state index is 9.25. The van der Waals surface area contributed by atoms with Crippen LogP contribution in [-0.2, 0) is 0 Å². The highest BCUT2D eigenvalue weighted by atomic mass is 16.3. The average Bonchev–Trinajstić information content (AvgIpc) is 2.93. The van der Waals surface area contributed by atoms with Gasteiger partial charge in [0.25, 0.3) is 0 Å². The van der Waals surface area contributed by atoms with Gasteiger partial charge in [0.1, 0.15) is 12.1 Å². The third kappa shape index (κ3) is 2.41. The molecule has 0 aliphatic heterocycles. The van der Waals surface area contributed by atoms with Crippen LogP contribution in [0.5, 0.6) is 5.75 Å². The highest BCUT2D eigenvalue weighted by molar-refractivity contribution is 5.99. The normalized spacial score (nSPS) is 11.8. The lowest BCUT2D eigenvalue weighted by Gasteiger charge is -2.03. The maximum atomic E-state index is 9.25. The molecule has 2 aromatic heterocycles. The van der Waals surface area contributed by atoms with Crippen molar-refractivity contribution >= 4 is 17.2 Å². The van der Waals surface area contributed by atoms with Crippen LogP contribution in [0.4, 0.5) is 5.82 Å². The Balaban J connectivity index is 1.80. The molecule has 0 aliphatic rings. The second-order valence-electron chi connectivity index (χ2n) is 4.21. The van der Waals surface area contributed by atoms with E-state index in [9.17, 15) is 5.11 Å². The summed E-state index contributed by atoms with van der Waals surface area (Å²) in [4.78, 5) is 0.